The van der Waals surface area contributed by atoms with Crippen molar-refractivity contribution in [3.63, 3.8) is 0 Å². The molecule has 5 rings (SSSR count). The zero-order valence-corrected chi connectivity index (χ0v) is 15.9. The van der Waals surface area contributed by atoms with Crippen molar-refractivity contribution in [1.82, 2.24) is 9.55 Å². The topological polar surface area (TPSA) is 101 Å². The first-order valence-corrected chi connectivity index (χ1v) is 10.7. The third-order valence-electron chi connectivity index (χ3n) is 6.05. The zero-order chi connectivity index (χ0) is 22.2. The van der Waals surface area contributed by atoms with Crippen LogP contribution in [0.1, 0.15) is 23.4 Å². The first-order valence-electron chi connectivity index (χ1n) is 10.6. The number of H-pyrrole nitrogens is 1. The Morgan fingerprint density at radius 2 is 2.04 bits per heavy atom. The fourth-order valence-corrected chi connectivity index (χ4v) is 4.81. The molecule has 0 amide bonds. The van der Waals surface area contributed by atoms with Crippen LogP contribution in [-0.4, -0.2) is 31.1 Å². The number of aryl methyl sites for hydroxylation is 1. The minimum absolute atomic E-state index is 0.0677. The third-order valence-corrected chi connectivity index (χ3v) is 6.96. The maximum absolute atomic E-state index is 12.7. The minimum Gasteiger partial charge on any atom is -0.370 e. The molecule has 0 unspecified atom stereocenters. The van der Waals surface area contributed by atoms with Gasteiger partial charge in [-0.2, -0.15) is 0 Å². The van der Waals surface area contributed by atoms with Crippen molar-refractivity contribution in [2.24, 2.45) is 17.5 Å². The van der Waals surface area contributed by atoms with Crippen LogP contribution in [-0.2, 0) is 17.0 Å². The summed E-state index contributed by atoms with van der Waals surface area (Å²) in [5.74, 6) is 0. The Balaban J connectivity index is 1.79. The molecule has 1 aliphatic heterocycles. The van der Waals surface area contributed by atoms with E-state index in [2.05, 4.69) is 9.88 Å². The van der Waals surface area contributed by atoms with Crippen molar-refractivity contribution in [1.29, 1.82) is 0 Å². The quantitative estimate of drug-likeness (QED) is 0.702. The molecule has 1 spiro atoms. The SMILES string of the molecule is [2H]C([2H])([2H])n1cc(-c2cc(S(N)(=O)=O)ccc2N2CCC3(CC3)C2)c2cc[nH]c2c1=O. The Kier molecular flexibility index (Phi) is 2.94. The Morgan fingerprint density at radius 1 is 1.21 bits per heavy atom. The number of pyridine rings is 1. The van der Waals surface area contributed by atoms with Gasteiger partial charge in [-0.15, -0.1) is 0 Å². The first kappa shape index (κ1) is 14.4. The van der Waals surface area contributed by atoms with Gasteiger partial charge in [0.1, 0.15) is 5.52 Å². The van der Waals surface area contributed by atoms with E-state index < -0.39 is 22.6 Å². The van der Waals surface area contributed by atoms with E-state index in [4.69, 9.17) is 9.25 Å². The second kappa shape index (κ2) is 5.71. The van der Waals surface area contributed by atoms with E-state index >= 15 is 0 Å². The smallest absolute Gasteiger partial charge is 0.274 e. The number of primary sulfonamides is 1. The number of hydrogen-bond donors (Lipinski definition) is 2. The van der Waals surface area contributed by atoms with Crippen molar-refractivity contribution in [2.75, 3.05) is 18.0 Å². The van der Waals surface area contributed by atoms with Crippen LogP contribution in [0.25, 0.3) is 22.0 Å². The normalized spacial score (nSPS) is 20.3. The molecule has 2 fully saturated rings. The molecular weight excluding hydrogens is 376 g/mol. The third kappa shape index (κ3) is 2.67. The molecule has 7 nitrogen and oxygen atoms in total. The minimum atomic E-state index is -3.98. The highest BCUT2D eigenvalue weighted by Gasteiger charge is 2.48. The molecule has 1 saturated heterocycles. The first-order chi connectivity index (χ1) is 14.5. The average molecular weight is 402 g/mol. The highest BCUT2D eigenvalue weighted by atomic mass is 32.2. The summed E-state index contributed by atoms with van der Waals surface area (Å²) in [5.41, 5.74) is 1.62. The molecule has 146 valence electrons. The van der Waals surface area contributed by atoms with Crippen molar-refractivity contribution >= 4 is 26.6 Å². The monoisotopic (exact) mass is 401 g/mol. The van der Waals surface area contributed by atoms with E-state index in [1.54, 1.807) is 18.3 Å². The van der Waals surface area contributed by atoms with Gasteiger partial charge in [0.25, 0.3) is 5.56 Å². The van der Waals surface area contributed by atoms with Gasteiger partial charge in [0, 0.05) is 58.8 Å². The number of anilines is 1. The molecule has 2 aromatic heterocycles. The van der Waals surface area contributed by atoms with Gasteiger partial charge in [-0.25, -0.2) is 13.6 Å². The zero-order valence-electron chi connectivity index (χ0n) is 18.1. The van der Waals surface area contributed by atoms with Crippen LogP contribution in [0.3, 0.4) is 0 Å². The van der Waals surface area contributed by atoms with E-state index in [-0.39, 0.29) is 10.4 Å². The summed E-state index contributed by atoms with van der Waals surface area (Å²) >= 11 is 0. The van der Waals surface area contributed by atoms with E-state index in [9.17, 15) is 13.2 Å². The van der Waals surface area contributed by atoms with Gasteiger partial charge in [0.05, 0.1) is 4.90 Å². The molecule has 8 heteroatoms. The molecular formula is C20H22N4O3S. The van der Waals surface area contributed by atoms with Crippen molar-refractivity contribution in [2.45, 2.75) is 24.2 Å². The lowest BCUT2D eigenvalue weighted by atomic mass is 10.0. The fraction of sp³-hybridized carbons (Fsp3) is 0.350. The van der Waals surface area contributed by atoms with Gasteiger partial charge >= 0.3 is 0 Å². The average Bonchev–Trinajstić information content (AvgIpc) is 3.08. The summed E-state index contributed by atoms with van der Waals surface area (Å²) in [4.78, 5) is 17.7. The van der Waals surface area contributed by atoms with Crippen molar-refractivity contribution in [3.8, 4) is 11.1 Å². The molecule has 0 atom stereocenters. The fourth-order valence-electron chi connectivity index (χ4n) is 4.27. The summed E-state index contributed by atoms with van der Waals surface area (Å²) < 4.78 is 48.2. The molecule has 3 N–H and O–H groups in total. The van der Waals surface area contributed by atoms with Gasteiger partial charge in [0.2, 0.25) is 10.0 Å². The number of aromatic amines is 1. The van der Waals surface area contributed by atoms with Gasteiger partial charge in [-0.1, -0.05) is 0 Å². The highest BCUT2D eigenvalue weighted by Crippen LogP contribution is 2.54. The Morgan fingerprint density at radius 3 is 2.71 bits per heavy atom. The molecule has 3 heterocycles. The van der Waals surface area contributed by atoms with Crippen LogP contribution in [0.2, 0.25) is 0 Å². The number of fused-ring (bicyclic) bond motifs is 1. The van der Waals surface area contributed by atoms with Gasteiger partial charge in [-0.3, -0.25) is 4.79 Å². The summed E-state index contributed by atoms with van der Waals surface area (Å²) in [6.07, 6.45) is 6.29. The summed E-state index contributed by atoms with van der Waals surface area (Å²) in [7, 11) is -3.98. The second-order valence-electron chi connectivity index (χ2n) is 7.88. The van der Waals surface area contributed by atoms with Crippen LogP contribution in [0.4, 0.5) is 5.69 Å². The van der Waals surface area contributed by atoms with Crippen LogP contribution >= 0.6 is 0 Å². The number of benzene rings is 1. The van der Waals surface area contributed by atoms with E-state index in [1.807, 2.05) is 0 Å². The largest absolute Gasteiger partial charge is 0.370 e. The van der Waals surface area contributed by atoms with E-state index in [0.717, 1.165) is 25.2 Å². The molecule has 2 aliphatic rings. The number of rotatable bonds is 3. The lowest BCUT2D eigenvalue weighted by molar-refractivity contribution is 0.581. The molecule has 28 heavy (non-hydrogen) atoms. The number of nitrogens with one attached hydrogen (secondary N) is 1. The number of hydrogen-bond acceptors (Lipinski definition) is 4. The van der Waals surface area contributed by atoms with Crippen LogP contribution in [0.15, 0.2) is 46.3 Å². The highest BCUT2D eigenvalue weighted by molar-refractivity contribution is 7.89. The van der Waals surface area contributed by atoms with Gasteiger partial charge in [0.15, 0.2) is 0 Å². The Bertz CT molecular complexity index is 1370. The number of sulfonamides is 1. The number of nitrogens with two attached hydrogens (primary N) is 1. The number of aromatic nitrogens is 2. The van der Waals surface area contributed by atoms with Crippen molar-refractivity contribution in [3.05, 3.63) is 47.0 Å². The van der Waals surface area contributed by atoms with E-state index in [1.165, 1.54) is 31.2 Å². The molecule has 1 aromatic carbocycles. The van der Waals surface area contributed by atoms with Crippen LogP contribution in [0, 0.1) is 5.41 Å². The lowest BCUT2D eigenvalue weighted by Gasteiger charge is -2.23. The molecule has 1 aliphatic carbocycles. The summed E-state index contributed by atoms with van der Waals surface area (Å²) in [6.45, 7) is -0.991. The molecule has 3 aromatic rings. The second-order valence-corrected chi connectivity index (χ2v) is 9.44. The van der Waals surface area contributed by atoms with Crippen LogP contribution < -0.4 is 15.6 Å². The Labute approximate surface area is 167 Å². The maximum atomic E-state index is 12.7. The van der Waals surface area contributed by atoms with E-state index in [0.29, 0.717) is 26.5 Å². The maximum Gasteiger partial charge on any atom is 0.274 e. The van der Waals surface area contributed by atoms with Crippen LogP contribution in [0.5, 0.6) is 0 Å². The predicted octanol–water partition coefficient (Wildman–Crippen LogP) is 2.17. The molecule has 1 saturated carbocycles. The standard InChI is InChI=1S/C20H22N4O3S/c1-23-11-16(14-4-8-22-18(14)19(23)25)15-10-13(28(21,26)27)2-3-17(15)24-9-7-20(12-24)5-6-20/h2-4,8,10-11,22H,5-7,9,12H2,1H3,(H2,21,26,27)/i1D3. The summed E-state index contributed by atoms with van der Waals surface area (Å²) in [5, 5.41) is 5.91. The Hall–Kier alpha value is -2.58. The lowest BCUT2D eigenvalue weighted by Crippen LogP contribution is -2.22. The van der Waals surface area contributed by atoms with Crippen molar-refractivity contribution < 1.29 is 12.5 Å². The summed E-state index contributed by atoms with van der Waals surface area (Å²) in [6, 6.07) is 6.36. The van der Waals surface area contributed by atoms with Gasteiger partial charge < -0.3 is 14.5 Å². The number of nitrogens with zero attached hydrogens (tertiary/aromatic N) is 2. The van der Waals surface area contributed by atoms with Gasteiger partial charge in [-0.05, 0) is 48.9 Å². The predicted molar refractivity (Wildman–Crippen MR) is 109 cm³/mol. The molecule has 0 radical (unpaired) electrons. The molecule has 0 bridgehead atoms.